The Hall–Kier alpha value is -2.29. The highest BCUT2D eigenvalue weighted by Crippen LogP contribution is 2.33. The summed E-state index contributed by atoms with van der Waals surface area (Å²) in [5, 5.41) is 13.1. The van der Waals surface area contributed by atoms with Crippen molar-refractivity contribution in [1.82, 2.24) is 5.16 Å². The molecule has 1 heterocycles. The normalized spacial score (nSPS) is 10.8. The third kappa shape index (κ3) is 1.34. The van der Waals surface area contributed by atoms with Crippen LogP contribution < -0.4 is 0 Å². The molecular weight excluding hydrogens is 202 g/mol. The molecule has 0 amide bonds. The highest BCUT2D eigenvalue weighted by atomic mass is 16.5. The summed E-state index contributed by atoms with van der Waals surface area (Å²) in [7, 11) is 0. The summed E-state index contributed by atoms with van der Waals surface area (Å²) in [5.74, 6) is 0.967. The Bertz CT molecular complexity index is 583. The molecule has 0 unspecified atom stereocenters. The number of phenols is 1. The van der Waals surface area contributed by atoms with Gasteiger partial charge in [-0.3, -0.25) is 0 Å². The fourth-order valence-corrected chi connectivity index (χ4v) is 1.76. The lowest BCUT2D eigenvalue weighted by atomic mass is 10.1. The lowest BCUT2D eigenvalue weighted by Gasteiger charge is -2.05. The molecule has 0 aromatic heterocycles. The lowest BCUT2D eigenvalue weighted by molar-refractivity contribution is 0.414. The molecule has 0 spiro atoms. The van der Waals surface area contributed by atoms with E-state index >= 15 is 0 Å². The fraction of sp³-hybridized carbons (Fsp3) is 0. The molecule has 1 aromatic carbocycles. The number of aromatic nitrogens is 1. The SMILES string of the molecule is Oc1ccc(-c2oncc3cccc2-3)cc1. The van der Waals surface area contributed by atoms with Crippen LogP contribution >= 0.6 is 0 Å². The van der Waals surface area contributed by atoms with E-state index in [1.165, 1.54) is 0 Å². The predicted molar refractivity (Wildman–Crippen MR) is 60.2 cm³/mol. The molecule has 0 atom stereocenters. The third-order valence-corrected chi connectivity index (χ3v) is 2.56. The number of hydrogen-bond donors (Lipinski definition) is 1. The zero-order valence-electron chi connectivity index (χ0n) is 8.42. The molecule has 3 nitrogen and oxygen atoms in total. The van der Waals surface area contributed by atoms with Crippen molar-refractivity contribution in [3.05, 3.63) is 48.7 Å². The zero-order valence-corrected chi connectivity index (χ0v) is 8.42. The lowest BCUT2D eigenvalue weighted by Crippen LogP contribution is -1.84. The molecule has 0 radical (unpaired) electrons. The number of rotatable bonds is 1. The van der Waals surface area contributed by atoms with Crippen molar-refractivity contribution in [2.24, 2.45) is 0 Å². The minimum Gasteiger partial charge on any atom is -0.508 e. The first kappa shape index (κ1) is 8.97. The van der Waals surface area contributed by atoms with Gasteiger partial charge in [-0.1, -0.05) is 23.4 Å². The highest BCUT2D eigenvalue weighted by Gasteiger charge is 2.12. The van der Waals surface area contributed by atoms with E-state index < -0.39 is 0 Å². The zero-order chi connectivity index (χ0) is 11.0. The molecule has 2 aliphatic rings. The molecule has 0 saturated heterocycles. The first-order valence-electron chi connectivity index (χ1n) is 4.97. The fourth-order valence-electron chi connectivity index (χ4n) is 1.76. The molecule has 78 valence electrons. The number of hydrogen-bond acceptors (Lipinski definition) is 3. The van der Waals surface area contributed by atoms with E-state index in [9.17, 15) is 5.11 Å². The number of nitrogens with zero attached hydrogens (tertiary/aromatic N) is 1. The van der Waals surface area contributed by atoms with Crippen LogP contribution in [0.5, 0.6) is 5.75 Å². The van der Waals surface area contributed by atoms with Gasteiger partial charge in [0.2, 0.25) is 0 Å². The first-order chi connectivity index (χ1) is 7.84. The Labute approximate surface area is 92.3 Å². The van der Waals surface area contributed by atoms with E-state index in [0.29, 0.717) is 0 Å². The summed E-state index contributed by atoms with van der Waals surface area (Å²) in [6.45, 7) is 0. The molecule has 3 rings (SSSR count). The monoisotopic (exact) mass is 211 g/mol. The van der Waals surface area contributed by atoms with Gasteiger partial charge >= 0.3 is 0 Å². The maximum Gasteiger partial charge on any atom is 0.173 e. The van der Waals surface area contributed by atoms with Gasteiger partial charge in [-0.2, -0.15) is 0 Å². The predicted octanol–water partition coefficient (Wildman–Crippen LogP) is 3.15. The maximum absolute atomic E-state index is 9.23. The number of benzene rings is 1. The van der Waals surface area contributed by atoms with E-state index in [1.54, 1.807) is 18.3 Å². The van der Waals surface area contributed by atoms with Gasteiger partial charge < -0.3 is 9.63 Å². The van der Waals surface area contributed by atoms with Crippen molar-refractivity contribution in [1.29, 1.82) is 0 Å². The second kappa shape index (κ2) is 3.38. The summed E-state index contributed by atoms with van der Waals surface area (Å²) in [6.07, 6.45) is 1.69. The molecule has 1 N–H and O–H groups in total. The van der Waals surface area contributed by atoms with Gasteiger partial charge in [-0.25, -0.2) is 0 Å². The van der Waals surface area contributed by atoms with Crippen LogP contribution in [0.3, 0.4) is 0 Å². The molecule has 0 bridgehead atoms. The van der Waals surface area contributed by atoms with Gasteiger partial charge in [0.1, 0.15) is 5.75 Å². The van der Waals surface area contributed by atoms with E-state index in [-0.39, 0.29) is 5.75 Å². The average molecular weight is 211 g/mol. The number of fused-ring (bicyclic) bond motifs is 1. The Morgan fingerprint density at radius 2 is 1.75 bits per heavy atom. The molecule has 1 aromatic rings. The molecule has 16 heavy (non-hydrogen) atoms. The number of phenolic OH excluding ortho intramolecular Hbond substituents is 1. The van der Waals surface area contributed by atoms with Crippen molar-refractivity contribution >= 4 is 0 Å². The van der Waals surface area contributed by atoms with Crippen LogP contribution in [0.4, 0.5) is 0 Å². The van der Waals surface area contributed by atoms with Crippen LogP contribution in [0.2, 0.25) is 0 Å². The van der Waals surface area contributed by atoms with Crippen LogP contribution in [-0.4, -0.2) is 10.3 Å². The van der Waals surface area contributed by atoms with Gasteiger partial charge in [-0.05, 0) is 24.3 Å². The average Bonchev–Trinajstić information content (AvgIpc) is 2.78. The summed E-state index contributed by atoms with van der Waals surface area (Å²) < 4.78 is 5.29. The Balaban J connectivity index is 2.19. The van der Waals surface area contributed by atoms with Gasteiger partial charge in [0.25, 0.3) is 0 Å². The molecule has 0 fully saturated rings. The van der Waals surface area contributed by atoms with Gasteiger partial charge in [0.05, 0.1) is 6.20 Å². The van der Waals surface area contributed by atoms with Crippen LogP contribution in [0, 0.1) is 0 Å². The second-order valence-corrected chi connectivity index (χ2v) is 3.60. The molecule has 3 heteroatoms. The number of aromatic hydroxyl groups is 1. The molecule has 1 aliphatic carbocycles. The van der Waals surface area contributed by atoms with Crippen LogP contribution in [-0.2, 0) is 0 Å². The van der Waals surface area contributed by atoms with Crippen LogP contribution in [0.15, 0.2) is 53.2 Å². The Morgan fingerprint density at radius 1 is 0.938 bits per heavy atom. The summed E-state index contributed by atoms with van der Waals surface area (Å²) in [4.78, 5) is 0. The standard InChI is InChI=1S/C13H9NO2/c15-11-6-4-9(5-7-11)13-12-3-1-2-10(12)8-14-16-13/h1-8,15H. The first-order valence-corrected chi connectivity index (χ1v) is 4.97. The summed E-state index contributed by atoms with van der Waals surface area (Å²) in [6, 6.07) is 12.8. The van der Waals surface area contributed by atoms with E-state index in [4.69, 9.17) is 4.52 Å². The smallest absolute Gasteiger partial charge is 0.173 e. The molecule has 1 aliphatic heterocycles. The van der Waals surface area contributed by atoms with Crippen LogP contribution in [0.25, 0.3) is 22.5 Å². The van der Waals surface area contributed by atoms with Gasteiger partial charge in [-0.15, -0.1) is 0 Å². The van der Waals surface area contributed by atoms with E-state index in [1.807, 2.05) is 30.3 Å². The Morgan fingerprint density at radius 3 is 2.56 bits per heavy atom. The van der Waals surface area contributed by atoms with Crippen molar-refractivity contribution in [2.75, 3.05) is 0 Å². The van der Waals surface area contributed by atoms with Crippen LogP contribution in [0.1, 0.15) is 0 Å². The molecular formula is C13H9NO2. The largest absolute Gasteiger partial charge is 0.508 e. The quantitative estimate of drug-likeness (QED) is 0.672. The van der Waals surface area contributed by atoms with E-state index in [2.05, 4.69) is 5.16 Å². The minimum absolute atomic E-state index is 0.242. The minimum atomic E-state index is 0.242. The van der Waals surface area contributed by atoms with Crippen molar-refractivity contribution in [3.8, 4) is 28.2 Å². The molecule has 0 saturated carbocycles. The third-order valence-electron chi connectivity index (χ3n) is 2.56. The maximum atomic E-state index is 9.23. The summed E-state index contributed by atoms with van der Waals surface area (Å²) in [5.41, 5.74) is 2.98. The Kier molecular flexibility index (Phi) is 1.90. The van der Waals surface area contributed by atoms with Gasteiger partial charge in [0, 0.05) is 16.7 Å². The van der Waals surface area contributed by atoms with Crippen molar-refractivity contribution < 1.29 is 9.63 Å². The summed E-state index contributed by atoms with van der Waals surface area (Å²) >= 11 is 0. The topological polar surface area (TPSA) is 46.3 Å². The highest BCUT2D eigenvalue weighted by molar-refractivity contribution is 5.80. The second-order valence-electron chi connectivity index (χ2n) is 3.60. The van der Waals surface area contributed by atoms with Crippen molar-refractivity contribution in [3.63, 3.8) is 0 Å². The van der Waals surface area contributed by atoms with Gasteiger partial charge in [0.15, 0.2) is 5.76 Å². The van der Waals surface area contributed by atoms with E-state index in [0.717, 1.165) is 22.5 Å². The van der Waals surface area contributed by atoms with Crippen molar-refractivity contribution in [2.45, 2.75) is 0 Å².